The van der Waals surface area contributed by atoms with Crippen molar-refractivity contribution in [3.05, 3.63) is 35.4 Å². The fourth-order valence-corrected chi connectivity index (χ4v) is 3.16. The fourth-order valence-electron chi connectivity index (χ4n) is 1.61. The highest BCUT2D eigenvalue weighted by Gasteiger charge is 2.22. The second-order valence-corrected chi connectivity index (χ2v) is 5.07. The number of hydrogen-bond acceptors (Lipinski definition) is 1. The molecule has 1 aliphatic rings. The third-order valence-corrected chi connectivity index (χ3v) is 4.18. The molecule has 0 aliphatic heterocycles. The van der Waals surface area contributed by atoms with Crippen molar-refractivity contribution in [2.24, 2.45) is 0 Å². The van der Waals surface area contributed by atoms with E-state index in [1.807, 2.05) is 0 Å². The molecule has 0 amide bonds. The van der Waals surface area contributed by atoms with E-state index in [0.29, 0.717) is 0 Å². The average Bonchev–Trinajstić information content (AvgIpc) is 2.07. The van der Waals surface area contributed by atoms with E-state index in [-0.39, 0.29) is 0 Å². The van der Waals surface area contributed by atoms with Gasteiger partial charge in [-0.05, 0) is 29.8 Å². The summed E-state index contributed by atoms with van der Waals surface area (Å²) in [6.45, 7) is 5.08. The fraction of sp³-hybridized carbons (Fsp3) is 0.273. The van der Waals surface area contributed by atoms with Crippen LogP contribution in [0.5, 0.6) is 0 Å². The molecule has 0 unspecified atom stereocenters. The van der Waals surface area contributed by atoms with E-state index >= 15 is 0 Å². The minimum absolute atomic E-state index is 0.733. The Balaban J connectivity index is 2.15. The van der Waals surface area contributed by atoms with E-state index in [1.165, 1.54) is 16.3 Å². The summed E-state index contributed by atoms with van der Waals surface area (Å²) in [7, 11) is -0.733. The van der Waals surface area contributed by atoms with E-state index < -0.39 is 9.04 Å². The maximum atomic E-state index is 5.64. The largest absolute Gasteiger partial charge is 0.412 e. The zero-order chi connectivity index (χ0) is 9.26. The first-order chi connectivity index (χ1) is 6.33. The Morgan fingerprint density at radius 3 is 2.77 bits per heavy atom. The van der Waals surface area contributed by atoms with Crippen molar-refractivity contribution in [1.82, 2.24) is 0 Å². The predicted molar refractivity (Wildman–Crippen MR) is 57.6 cm³/mol. The van der Waals surface area contributed by atoms with Crippen molar-refractivity contribution >= 4 is 20.3 Å². The van der Waals surface area contributed by atoms with Gasteiger partial charge in [0.25, 0.3) is 0 Å². The van der Waals surface area contributed by atoms with Crippen molar-refractivity contribution in [3.8, 4) is 0 Å². The van der Waals surface area contributed by atoms with Gasteiger partial charge in [-0.15, -0.1) is 0 Å². The Morgan fingerprint density at radius 2 is 2.08 bits per heavy atom. The van der Waals surface area contributed by atoms with Crippen molar-refractivity contribution in [3.63, 3.8) is 0 Å². The summed E-state index contributed by atoms with van der Waals surface area (Å²) >= 11 is 0. The van der Waals surface area contributed by atoms with Crippen molar-refractivity contribution < 1.29 is 4.43 Å². The maximum absolute atomic E-state index is 5.64. The zero-order valence-electron chi connectivity index (χ0n) is 8.00. The molecule has 1 aromatic carbocycles. The normalized spacial score (nSPS) is 13.6. The Labute approximate surface area is 80.8 Å². The van der Waals surface area contributed by atoms with Gasteiger partial charge in [-0.25, -0.2) is 0 Å². The summed E-state index contributed by atoms with van der Waals surface area (Å²) in [4.78, 5) is 0. The van der Waals surface area contributed by atoms with Gasteiger partial charge < -0.3 is 4.43 Å². The van der Waals surface area contributed by atoms with E-state index in [2.05, 4.69) is 43.8 Å². The molecule has 2 rings (SSSR count). The standard InChI is InChI=1S/C11H13OSi/c1-3-12-13(2)11-8-9-6-4-5-7-10(9)11/h4-8H,3H2,1-2H3. The van der Waals surface area contributed by atoms with Crippen LogP contribution in [0, 0.1) is 0 Å². The van der Waals surface area contributed by atoms with Crippen molar-refractivity contribution in [2.75, 3.05) is 6.61 Å². The van der Waals surface area contributed by atoms with Gasteiger partial charge in [0.15, 0.2) is 0 Å². The first-order valence-electron chi connectivity index (χ1n) is 4.60. The molecule has 0 fully saturated rings. The molecule has 0 saturated heterocycles. The quantitative estimate of drug-likeness (QED) is 0.664. The summed E-state index contributed by atoms with van der Waals surface area (Å²) in [5.74, 6) is 0. The molecule has 1 aliphatic carbocycles. The number of rotatable bonds is 3. The van der Waals surface area contributed by atoms with Crippen LogP contribution in [0.1, 0.15) is 18.1 Å². The summed E-state index contributed by atoms with van der Waals surface area (Å²) in [5, 5.41) is 1.43. The van der Waals surface area contributed by atoms with Gasteiger partial charge >= 0.3 is 0 Å². The van der Waals surface area contributed by atoms with Crippen LogP contribution in [0.3, 0.4) is 0 Å². The topological polar surface area (TPSA) is 9.23 Å². The molecule has 0 atom stereocenters. The lowest BCUT2D eigenvalue weighted by atomic mass is 9.98. The Hall–Kier alpha value is -0.863. The van der Waals surface area contributed by atoms with Gasteiger partial charge in [0.1, 0.15) is 0 Å². The van der Waals surface area contributed by atoms with E-state index in [1.54, 1.807) is 0 Å². The molecule has 0 saturated carbocycles. The lowest BCUT2D eigenvalue weighted by Gasteiger charge is -2.23. The van der Waals surface area contributed by atoms with E-state index in [0.717, 1.165) is 6.61 Å². The lowest BCUT2D eigenvalue weighted by Crippen LogP contribution is -2.20. The Bertz CT molecular complexity index is 344. The number of fused-ring (bicyclic) bond motifs is 1. The van der Waals surface area contributed by atoms with Crippen molar-refractivity contribution in [1.29, 1.82) is 0 Å². The van der Waals surface area contributed by atoms with Gasteiger partial charge in [0.2, 0.25) is 9.04 Å². The second-order valence-electron chi connectivity index (χ2n) is 3.13. The van der Waals surface area contributed by atoms with Crippen LogP contribution >= 0.6 is 0 Å². The number of benzene rings is 1. The van der Waals surface area contributed by atoms with Crippen LogP contribution in [0.15, 0.2) is 24.3 Å². The molecule has 0 N–H and O–H groups in total. The molecule has 0 aromatic heterocycles. The molecule has 13 heavy (non-hydrogen) atoms. The molecule has 1 aromatic rings. The maximum Gasteiger partial charge on any atom is 0.244 e. The summed E-state index contributed by atoms with van der Waals surface area (Å²) in [5.41, 5.74) is 2.76. The van der Waals surface area contributed by atoms with Crippen LogP contribution in [0.25, 0.3) is 11.3 Å². The predicted octanol–water partition coefficient (Wildman–Crippen LogP) is 2.74. The van der Waals surface area contributed by atoms with Gasteiger partial charge in [-0.2, -0.15) is 0 Å². The lowest BCUT2D eigenvalue weighted by molar-refractivity contribution is 0.355. The molecule has 0 heterocycles. The zero-order valence-corrected chi connectivity index (χ0v) is 9.00. The number of hydrogen-bond donors (Lipinski definition) is 0. The van der Waals surface area contributed by atoms with Crippen LogP contribution in [-0.4, -0.2) is 15.6 Å². The highest BCUT2D eigenvalue weighted by atomic mass is 28.3. The molecular formula is C11H13OSi. The average molecular weight is 189 g/mol. The van der Waals surface area contributed by atoms with Crippen LogP contribution in [-0.2, 0) is 4.43 Å². The molecule has 2 heteroatoms. The Morgan fingerprint density at radius 1 is 1.31 bits per heavy atom. The minimum Gasteiger partial charge on any atom is -0.412 e. The van der Waals surface area contributed by atoms with Crippen molar-refractivity contribution in [2.45, 2.75) is 13.5 Å². The highest BCUT2D eigenvalue weighted by molar-refractivity contribution is 6.75. The summed E-state index contributed by atoms with van der Waals surface area (Å²) < 4.78 is 5.64. The third kappa shape index (κ3) is 1.47. The molecule has 67 valence electrons. The van der Waals surface area contributed by atoms with Gasteiger partial charge in [0.05, 0.1) is 0 Å². The molecular weight excluding hydrogens is 176 g/mol. The summed E-state index contributed by atoms with van der Waals surface area (Å²) in [6, 6.07) is 8.50. The first kappa shape index (κ1) is 8.72. The Kier molecular flexibility index (Phi) is 2.33. The molecule has 0 spiro atoms. The van der Waals surface area contributed by atoms with Gasteiger partial charge in [-0.1, -0.05) is 30.3 Å². The van der Waals surface area contributed by atoms with Crippen LogP contribution < -0.4 is 0 Å². The highest BCUT2D eigenvalue weighted by Crippen LogP contribution is 2.33. The third-order valence-electron chi connectivity index (χ3n) is 2.29. The monoisotopic (exact) mass is 189 g/mol. The second kappa shape index (κ2) is 3.48. The van der Waals surface area contributed by atoms with Gasteiger partial charge in [0, 0.05) is 6.61 Å². The van der Waals surface area contributed by atoms with E-state index in [9.17, 15) is 0 Å². The molecule has 1 nitrogen and oxygen atoms in total. The van der Waals surface area contributed by atoms with Crippen LogP contribution in [0.4, 0.5) is 0 Å². The van der Waals surface area contributed by atoms with E-state index in [4.69, 9.17) is 4.43 Å². The first-order valence-corrected chi connectivity index (χ1v) is 6.51. The SMILES string of the molecule is CCO[Si](C)C1=Cc2ccccc21. The minimum atomic E-state index is -0.733. The van der Waals surface area contributed by atoms with Crippen LogP contribution in [0.2, 0.25) is 6.55 Å². The molecule has 0 bridgehead atoms. The summed E-state index contributed by atoms with van der Waals surface area (Å²) in [6.07, 6.45) is 2.25. The molecule has 1 radical (unpaired) electrons. The smallest absolute Gasteiger partial charge is 0.244 e. The van der Waals surface area contributed by atoms with Gasteiger partial charge in [-0.3, -0.25) is 0 Å².